The highest BCUT2D eigenvalue weighted by molar-refractivity contribution is 7.15. The summed E-state index contributed by atoms with van der Waals surface area (Å²) in [5, 5.41) is 0. The third kappa shape index (κ3) is 6.22. The topological polar surface area (TPSA) is 34.1 Å². The second kappa shape index (κ2) is 9.64. The van der Waals surface area contributed by atoms with E-state index in [9.17, 15) is 9.59 Å². The molecule has 0 N–H and O–H groups in total. The molecule has 0 fully saturated rings. The molecule has 2 aromatic rings. The average molecular weight is 373 g/mol. The minimum absolute atomic E-state index is 0.0465. The molecule has 0 aromatic carbocycles. The molecule has 2 nitrogen and oxygen atoms in total. The lowest BCUT2D eigenvalue weighted by Crippen LogP contribution is -2.02. The van der Waals surface area contributed by atoms with Gasteiger partial charge in [0.05, 0.1) is 9.75 Å². The summed E-state index contributed by atoms with van der Waals surface area (Å²) in [5.74, 6) is 0.581. The molecule has 0 aliphatic rings. The number of thiophene rings is 2. The summed E-state index contributed by atoms with van der Waals surface area (Å²) < 4.78 is 0. The summed E-state index contributed by atoms with van der Waals surface area (Å²) >= 11 is 2.98. The number of hydrogen-bond donors (Lipinski definition) is 0. The van der Waals surface area contributed by atoms with Gasteiger partial charge in [-0.15, -0.1) is 22.7 Å². The maximum atomic E-state index is 12.3. The molecule has 2 rings (SSSR count). The van der Waals surface area contributed by atoms with Crippen LogP contribution in [0.3, 0.4) is 0 Å². The lowest BCUT2D eigenvalue weighted by atomic mass is 10.1. The van der Waals surface area contributed by atoms with Crippen LogP contribution in [0.15, 0.2) is 36.4 Å². The monoisotopic (exact) mass is 372 g/mol. The van der Waals surface area contributed by atoms with Crippen LogP contribution in [0, 0.1) is 5.92 Å². The number of ketones is 2. The first-order valence-electron chi connectivity index (χ1n) is 8.60. The zero-order chi connectivity index (χ0) is 18.2. The molecule has 2 heterocycles. The molecule has 4 heteroatoms. The van der Waals surface area contributed by atoms with Crippen molar-refractivity contribution in [1.82, 2.24) is 0 Å². The SMILES string of the molecule is CC/C=C/c1ccc(C(=O)CCC(=O)c2ccc(/C=C/C(C)C)s2)s1. The van der Waals surface area contributed by atoms with Crippen LogP contribution in [0.5, 0.6) is 0 Å². The van der Waals surface area contributed by atoms with Gasteiger partial charge in [-0.05, 0) is 48.8 Å². The number of hydrogen-bond acceptors (Lipinski definition) is 4. The quantitative estimate of drug-likeness (QED) is 0.456. The van der Waals surface area contributed by atoms with E-state index in [2.05, 4.69) is 32.9 Å². The second-order valence-electron chi connectivity index (χ2n) is 6.16. The molecule has 0 bridgehead atoms. The molecule has 0 aliphatic carbocycles. The van der Waals surface area contributed by atoms with Crippen LogP contribution in [-0.4, -0.2) is 11.6 Å². The van der Waals surface area contributed by atoms with Gasteiger partial charge in [-0.2, -0.15) is 0 Å². The van der Waals surface area contributed by atoms with Crippen molar-refractivity contribution >= 4 is 46.4 Å². The third-order valence-corrected chi connectivity index (χ3v) is 5.73. The van der Waals surface area contributed by atoms with Crippen LogP contribution in [0.2, 0.25) is 0 Å². The van der Waals surface area contributed by atoms with E-state index in [4.69, 9.17) is 0 Å². The van der Waals surface area contributed by atoms with Gasteiger partial charge in [0.25, 0.3) is 0 Å². The van der Waals surface area contributed by atoms with Crippen molar-refractivity contribution in [3.05, 3.63) is 55.9 Å². The minimum Gasteiger partial charge on any atom is -0.293 e. The largest absolute Gasteiger partial charge is 0.293 e. The van der Waals surface area contributed by atoms with Gasteiger partial charge in [-0.3, -0.25) is 9.59 Å². The molecule has 25 heavy (non-hydrogen) atoms. The fourth-order valence-corrected chi connectivity index (χ4v) is 3.97. The first-order valence-corrected chi connectivity index (χ1v) is 10.2. The Kier molecular flexibility index (Phi) is 7.53. The Bertz CT molecular complexity index is 775. The minimum atomic E-state index is 0.0465. The van der Waals surface area contributed by atoms with Crippen LogP contribution >= 0.6 is 22.7 Å². The molecule has 0 aliphatic heterocycles. The Balaban J connectivity index is 1.90. The van der Waals surface area contributed by atoms with Crippen LogP contribution in [-0.2, 0) is 0 Å². The first kappa shape index (κ1) is 19.5. The normalized spacial score (nSPS) is 11.8. The molecule has 0 spiro atoms. The van der Waals surface area contributed by atoms with Gasteiger partial charge in [0.15, 0.2) is 11.6 Å². The predicted molar refractivity (Wildman–Crippen MR) is 110 cm³/mol. The number of allylic oxidation sites excluding steroid dienone is 2. The Morgan fingerprint density at radius 3 is 1.92 bits per heavy atom. The standard InChI is InChI=1S/C21H24O2S2/c1-4-5-6-16-9-13-20(24-16)18(22)11-12-19(23)21-14-10-17(25-21)8-7-15(2)3/h5-10,13-15H,4,11-12H2,1-3H3/b6-5+,8-7+. The van der Waals surface area contributed by atoms with Crippen LogP contribution in [0.1, 0.15) is 69.1 Å². The maximum absolute atomic E-state index is 12.3. The Morgan fingerprint density at radius 2 is 1.44 bits per heavy atom. The molecule has 0 amide bonds. The third-order valence-electron chi connectivity index (χ3n) is 3.55. The van der Waals surface area contributed by atoms with E-state index in [-0.39, 0.29) is 24.4 Å². The van der Waals surface area contributed by atoms with E-state index in [0.717, 1.165) is 25.9 Å². The Labute approximate surface area is 157 Å². The number of Topliss-reactive ketones (excluding diaryl/α,β-unsaturated/α-hetero) is 2. The summed E-state index contributed by atoms with van der Waals surface area (Å²) in [6, 6.07) is 7.63. The summed E-state index contributed by atoms with van der Waals surface area (Å²) in [4.78, 5) is 28.2. The van der Waals surface area contributed by atoms with Crippen molar-refractivity contribution in [3.63, 3.8) is 0 Å². The van der Waals surface area contributed by atoms with Gasteiger partial charge < -0.3 is 0 Å². The van der Waals surface area contributed by atoms with E-state index in [1.165, 1.54) is 22.7 Å². The molecule has 0 saturated carbocycles. The van der Waals surface area contributed by atoms with Crippen LogP contribution < -0.4 is 0 Å². The fourth-order valence-electron chi connectivity index (χ4n) is 2.18. The Morgan fingerprint density at radius 1 is 0.920 bits per heavy atom. The van der Waals surface area contributed by atoms with Crippen molar-refractivity contribution in [2.45, 2.75) is 40.0 Å². The zero-order valence-corrected chi connectivity index (χ0v) is 16.6. The summed E-state index contributed by atoms with van der Waals surface area (Å²) in [6.45, 7) is 6.32. The molecule has 0 unspecified atom stereocenters. The van der Waals surface area contributed by atoms with Crippen molar-refractivity contribution in [2.75, 3.05) is 0 Å². The van der Waals surface area contributed by atoms with Gasteiger partial charge in [0.1, 0.15) is 0 Å². The Hall–Kier alpha value is -1.78. The first-order chi connectivity index (χ1) is 12.0. The van der Waals surface area contributed by atoms with Crippen molar-refractivity contribution in [1.29, 1.82) is 0 Å². The van der Waals surface area contributed by atoms with Crippen molar-refractivity contribution < 1.29 is 9.59 Å². The predicted octanol–water partition coefficient (Wildman–Crippen LogP) is 6.75. The van der Waals surface area contributed by atoms with E-state index in [1.807, 2.05) is 36.4 Å². The van der Waals surface area contributed by atoms with Gasteiger partial charge in [0.2, 0.25) is 0 Å². The molecule has 0 saturated heterocycles. The smallest absolute Gasteiger partial charge is 0.173 e. The zero-order valence-electron chi connectivity index (χ0n) is 15.0. The van der Waals surface area contributed by atoms with E-state index < -0.39 is 0 Å². The molecule has 0 radical (unpaired) electrons. The summed E-state index contributed by atoms with van der Waals surface area (Å²) in [5.41, 5.74) is 0. The number of carbonyl (C=O) groups excluding carboxylic acids is 2. The summed E-state index contributed by atoms with van der Waals surface area (Å²) in [7, 11) is 0. The van der Waals surface area contributed by atoms with E-state index >= 15 is 0 Å². The molecular weight excluding hydrogens is 348 g/mol. The van der Waals surface area contributed by atoms with Gasteiger partial charge in [-0.25, -0.2) is 0 Å². The highest BCUT2D eigenvalue weighted by Crippen LogP contribution is 2.23. The second-order valence-corrected chi connectivity index (χ2v) is 8.39. The van der Waals surface area contributed by atoms with Crippen molar-refractivity contribution in [3.8, 4) is 0 Å². The van der Waals surface area contributed by atoms with Gasteiger partial charge in [0, 0.05) is 22.6 Å². The summed E-state index contributed by atoms with van der Waals surface area (Å²) in [6.07, 6.45) is 9.79. The number of carbonyl (C=O) groups is 2. The van der Waals surface area contributed by atoms with Gasteiger partial charge >= 0.3 is 0 Å². The van der Waals surface area contributed by atoms with E-state index in [0.29, 0.717) is 5.92 Å². The molecular formula is C21H24O2S2. The highest BCUT2D eigenvalue weighted by Gasteiger charge is 2.14. The maximum Gasteiger partial charge on any atom is 0.173 e. The van der Waals surface area contributed by atoms with Crippen LogP contribution in [0.25, 0.3) is 12.2 Å². The van der Waals surface area contributed by atoms with Gasteiger partial charge in [-0.1, -0.05) is 32.9 Å². The van der Waals surface area contributed by atoms with Crippen molar-refractivity contribution in [2.24, 2.45) is 5.92 Å². The number of rotatable bonds is 9. The lowest BCUT2D eigenvalue weighted by Gasteiger charge is -1.97. The lowest BCUT2D eigenvalue weighted by molar-refractivity contribution is 0.0921. The molecule has 132 valence electrons. The molecule has 0 atom stereocenters. The molecule has 2 aromatic heterocycles. The average Bonchev–Trinajstić information content (AvgIpc) is 3.25. The van der Waals surface area contributed by atoms with Crippen LogP contribution in [0.4, 0.5) is 0 Å². The van der Waals surface area contributed by atoms with E-state index in [1.54, 1.807) is 0 Å². The highest BCUT2D eigenvalue weighted by atomic mass is 32.1. The fraction of sp³-hybridized carbons (Fsp3) is 0.333.